The maximum absolute atomic E-state index is 13.1. The molecule has 0 radical (unpaired) electrons. The van der Waals surface area contributed by atoms with Gasteiger partial charge in [-0.3, -0.25) is 9.69 Å². The summed E-state index contributed by atoms with van der Waals surface area (Å²) >= 11 is 0. The van der Waals surface area contributed by atoms with Crippen LogP contribution in [0.3, 0.4) is 0 Å². The number of nitrogens with zero attached hydrogens (tertiary/aromatic N) is 1. The number of amides is 1. The molecule has 3 rings (SSSR count). The van der Waals surface area contributed by atoms with Gasteiger partial charge in [-0.15, -0.1) is 0 Å². The highest BCUT2D eigenvalue weighted by atomic mass is 19.2. The molecule has 2 saturated heterocycles. The van der Waals surface area contributed by atoms with Crippen LogP contribution in [0.1, 0.15) is 18.9 Å². The molecule has 120 valence electrons. The van der Waals surface area contributed by atoms with Gasteiger partial charge in [0.1, 0.15) is 0 Å². The lowest BCUT2D eigenvalue weighted by Crippen LogP contribution is -2.45. The first-order valence-electron chi connectivity index (χ1n) is 7.60. The lowest BCUT2D eigenvalue weighted by Gasteiger charge is -2.33. The molecule has 1 N–H and O–H groups in total. The minimum absolute atomic E-state index is 0.0608. The van der Waals surface area contributed by atoms with Crippen LogP contribution in [0, 0.1) is 11.6 Å². The van der Waals surface area contributed by atoms with Crippen LogP contribution in [0.4, 0.5) is 8.78 Å². The molecular weight excluding hydrogens is 290 g/mol. The molecule has 3 atom stereocenters. The van der Waals surface area contributed by atoms with Gasteiger partial charge in [0.15, 0.2) is 11.6 Å². The van der Waals surface area contributed by atoms with E-state index in [0.29, 0.717) is 18.2 Å². The van der Waals surface area contributed by atoms with E-state index in [0.717, 1.165) is 31.6 Å². The molecule has 0 unspecified atom stereocenters. The third kappa shape index (κ3) is 3.44. The lowest BCUT2D eigenvalue weighted by molar-refractivity contribution is -0.121. The summed E-state index contributed by atoms with van der Waals surface area (Å²) in [5.74, 6) is -1.98. The Kier molecular flexibility index (Phi) is 4.40. The van der Waals surface area contributed by atoms with Crippen molar-refractivity contribution in [2.24, 2.45) is 0 Å². The predicted octanol–water partition coefficient (Wildman–Crippen LogP) is 1.49. The highest BCUT2D eigenvalue weighted by Crippen LogP contribution is 2.23. The monoisotopic (exact) mass is 310 g/mol. The van der Waals surface area contributed by atoms with E-state index in [1.807, 2.05) is 6.92 Å². The highest BCUT2D eigenvalue weighted by Gasteiger charge is 2.36. The summed E-state index contributed by atoms with van der Waals surface area (Å²) in [6.07, 6.45) is 1.16. The van der Waals surface area contributed by atoms with E-state index in [4.69, 9.17) is 4.74 Å². The van der Waals surface area contributed by atoms with E-state index in [1.165, 1.54) is 6.07 Å². The first-order valence-corrected chi connectivity index (χ1v) is 7.60. The van der Waals surface area contributed by atoms with Crippen molar-refractivity contribution >= 4 is 5.91 Å². The molecule has 1 aromatic rings. The van der Waals surface area contributed by atoms with Crippen LogP contribution in [0.25, 0.3) is 0 Å². The van der Waals surface area contributed by atoms with Gasteiger partial charge in [0, 0.05) is 25.2 Å². The topological polar surface area (TPSA) is 41.6 Å². The van der Waals surface area contributed by atoms with Gasteiger partial charge in [-0.2, -0.15) is 0 Å². The zero-order valence-electron chi connectivity index (χ0n) is 12.5. The number of hydrogen-bond acceptors (Lipinski definition) is 3. The molecule has 0 saturated carbocycles. The molecule has 1 amide bonds. The largest absolute Gasteiger partial charge is 0.376 e. The van der Waals surface area contributed by atoms with Gasteiger partial charge in [-0.05, 0) is 31.0 Å². The predicted molar refractivity (Wildman–Crippen MR) is 77.4 cm³/mol. The van der Waals surface area contributed by atoms with Crippen molar-refractivity contribution in [3.63, 3.8) is 0 Å². The summed E-state index contributed by atoms with van der Waals surface area (Å²) in [4.78, 5) is 14.4. The fourth-order valence-electron chi connectivity index (χ4n) is 3.26. The molecule has 2 aliphatic heterocycles. The molecule has 6 heteroatoms. The molecule has 0 aliphatic carbocycles. The fraction of sp³-hybridized carbons (Fsp3) is 0.562. The molecule has 0 bridgehead atoms. The number of carbonyl (C=O) groups excluding carboxylic acids is 1. The van der Waals surface area contributed by atoms with Gasteiger partial charge < -0.3 is 10.1 Å². The maximum atomic E-state index is 13.1. The summed E-state index contributed by atoms with van der Waals surface area (Å²) in [7, 11) is 0. The molecule has 4 nitrogen and oxygen atoms in total. The smallest absolute Gasteiger partial charge is 0.224 e. The van der Waals surface area contributed by atoms with Gasteiger partial charge in [-0.1, -0.05) is 6.07 Å². The Morgan fingerprint density at radius 2 is 2.18 bits per heavy atom. The molecule has 0 aromatic heterocycles. The number of morpholine rings is 1. The van der Waals surface area contributed by atoms with Crippen molar-refractivity contribution in [3.8, 4) is 0 Å². The number of ether oxygens (including phenoxy) is 1. The third-order valence-corrected chi connectivity index (χ3v) is 4.31. The minimum Gasteiger partial charge on any atom is -0.376 e. The molecule has 2 aliphatic rings. The SMILES string of the molecule is C[C@H]1CN2C[C@H](NC(=O)Cc3ccc(F)c(F)c3)C[C@H]2CO1. The van der Waals surface area contributed by atoms with Crippen LogP contribution in [0.2, 0.25) is 0 Å². The summed E-state index contributed by atoms with van der Waals surface area (Å²) in [5, 5.41) is 2.98. The van der Waals surface area contributed by atoms with Gasteiger partial charge in [0.05, 0.1) is 19.1 Å². The second-order valence-electron chi connectivity index (χ2n) is 6.18. The molecule has 2 heterocycles. The van der Waals surface area contributed by atoms with Crippen molar-refractivity contribution in [1.82, 2.24) is 10.2 Å². The summed E-state index contributed by atoms with van der Waals surface area (Å²) in [5.41, 5.74) is 0.476. The van der Waals surface area contributed by atoms with Crippen molar-refractivity contribution < 1.29 is 18.3 Å². The average molecular weight is 310 g/mol. The second kappa shape index (κ2) is 6.30. The Morgan fingerprint density at radius 3 is 2.95 bits per heavy atom. The van der Waals surface area contributed by atoms with Crippen LogP contribution in [-0.4, -0.2) is 48.7 Å². The first-order chi connectivity index (χ1) is 10.5. The van der Waals surface area contributed by atoms with Gasteiger partial charge in [0.2, 0.25) is 5.91 Å². The third-order valence-electron chi connectivity index (χ3n) is 4.31. The Hall–Kier alpha value is -1.53. The number of nitrogens with one attached hydrogen (secondary N) is 1. The van der Waals surface area contributed by atoms with E-state index in [2.05, 4.69) is 10.2 Å². The Balaban J connectivity index is 1.53. The Labute approximate surface area is 128 Å². The minimum atomic E-state index is -0.922. The number of benzene rings is 1. The first kappa shape index (κ1) is 15.4. The molecular formula is C16H20F2N2O2. The number of rotatable bonds is 3. The zero-order chi connectivity index (χ0) is 15.7. The molecule has 2 fully saturated rings. The van der Waals surface area contributed by atoms with Gasteiger partial charge in [0.25, 0.3) is 0 Å². The van der Waals surface area contributed by atoms with Crippen LogP contribution in [0.5, 0.6) is 0 Å². The highest BCUT2D eigenvalue weighted by molar-refractivity contribution is 5.78. The summed E-state index contributed by atoms with van der Waals surface area (Å²) in [6.45, 7) is 4.46. The Morgan fingerprint density at radius 1 is 1.36 bits per heavy atom. The van der Waals surface area contributed by atoms with Crippen LogP contribution in [0.15, 0.2) is 18.2 Å². The molecule has 22 heavy (non-hydrogen) atoms. The van der Waals surface area contributed by atoms with E-state index in [1.54, 1.807) is 0 Å². The number of hydrogen-bond donors (Lipinski definition) is 1. The normalized spacial score (nSPS) is 28.4. The fourth-order valence-corrected chi connectivity index (χ4v) is 3.26. The lowest BCUT2D eigenvalue weighted by atomic mass is 10.1. The van der Waals surface area contributed by atoms with E-state index in [-0.39, 0.29) is 24.5 Å². The standard InChI is InChI=1S/C16H20F2N2O2/c1-10-7-20-8-12(6-13(20)9-22-10)19-16(21)5-11-2-3-14(17)15(18)4-11/h2-4,10,12-13H,5-9H2,1H3,(H,19,21)/t10-,12+,13-/m0/s1. The average Bonchev–Trinajstić information content (AvgIpc) is 2.84. The molecule has 0 spiro atoms. The summed E-state index contributed by atoms with van der Waals surface area (Å²) in [6, 6.07) is 4.02. The number of carbonyl (C=O) groups is 1. The van der Waals surface area contributed by atoms with Crippen molar-refractivity contribution in [2.45, 2.75) is 38.0 Å². The van der Waals surface area contributed by atoms with Gasteiger partial charge >= 0.3 is 0 Å². The van der Waals surface area contributed by atoms with E-state index < -0.39 is 11.6 Å². The van der Waals surface area contributed by atoms with Crippen LogP contribution in [-0.2, 0) is 16.0 Å². The van der Waals surface area contributed by atoms with Crippen molar-refractivity contribution in [3.05, 3.63) is 35.4 Å². The van der Waals surface area contributed by atoms with Crippen LogP contribution < -0.4 is 5.32 Å². The van der Waals surface area contributed by atoms with E-state index in [9.17, 15) is 13.6 Å². The molecule has 1 aromatic carbocycles. The van der Waals surface area contributed by atoms with Crippen LogP contribution >= 0.6 is 0 Å². The zero-order valence-corrected chi connectivity index (χ0v) is 12.5. The second-order valence-corrected chi connectivity index (χ2v) is 6.18. The number of halogens is 2. The van der Waals surface area contributed by atoms with Crippen molar-refractivity contribution in [2.75, 3.05) is 19.7 Å². The number of fused-ring (bicyclic) bond motifs is 1. The summed E-state index contributed by atoms with van der Waals surface area (Å²) < 4.78 is 31.7. The van der Waals surface area contributed by atoms with Gasteiger partial charge in [-0.25, -0.2) is 8.78 Å². The Bertz CT molecular complexity index is 567. The van der Waals surface area contributed by atoms with Crippen molar-refractivity contribution in [1.29, 1.82) is 0 Å². The quantitative estimate of drug-likeness (QED) is 0.919. The van der Waals surface area contributed by atoms with E-state index >= 15 is 0 Å². The maximum Gasteiger partial charge on any atom is 0.224 e.